The average Bonchev–Trinajstić information content (AvgIpc) is 3.15. The Kier molecular flexibility index (Phi) is 5.58. The van der Waals surface area contributed by atoms with Crippen molar-refractivity contribution >= 4 is 44.1 Å². The molecule has 0 aliphatic carbocycles. The molecule has 1 fully saturated rings. The smallest absolute Gasteiger partial charge is 0.164 e. The van der Waals surface area contributed by atoms with Crippen molar-refractivity contribution in [1.82, 2.24) is 0 Å². The molecule has 0 N–H and O–H groups in total. The molecule has 2 atom stereocenters. The van der Waals surface area contributed by atoms with Gasteiger partial charge in [-0.2, -0.15) is 0 Å². The zero-order valence-corrected chi connectivity index (χ0v) is 17.8. The van der Waals surface area contributed by atoms with E-state index in [0.717, 1.165) is 22.2 Å². The maximum atomic E-state index is 11.9. The van der Waals surface area contributed by atoms with Crippen molar-refractivity contribution in [3.05, 3.63) is 59.1 Å². The number of rotatable bonds is 5. The molecular formula is C20H21ClN2O3S2. The lowest BCUT2D eigenvalue weighted by Gasteiger charge is -2.25. The summed E-state index contributed by atoms with van der Waals surface area (Å²) >= 11 is 7.94. The molecule has 4 rings (SSSR count). The molecular weight excluding hydrogens is 416 g/mol. The molecule has 28 heavy (non-hydrogen) atoms. The summed E-state index contributed by atoms with van der Waals surface area (Å²) < 4.78 is 29.3. The standard InChI is InChI=1S/C20H21ClN2O3S2/c1-2-26-16-9-7-15(8-10-16)23(11-14-5-3-4-6-17(14)21)20-22-18-12-28(24,25)13-19(18)27-20/h3-10,18-19H,2,11-13H2,1H3/t18-,19+/m0/s1. The van der Waals surface area contributed by atoms with Crippen molar-refractivity contribution in [2.24, 2.45) is 4.99 Å². The number of sulfone groups is 1. The SMILES string of the molecule is CCOc1ccc(N(Cc2ccccc2Cl)C2=N[C@H]3CS(=O)(=O)C[C@H]3S2)cc1. The van der Waals surface area contributed by atoms with Crippen LogP contribution in [0.5, 0.6) is 5.75 Å². The molecule has 0 aromatic heterocycles. The third-order valence-electron chi connectivity index (χ3n) is 4.78. The van der Waals surface area contributed by atoms with Gasteiger partial charge >= 0.3 is 0 Å². The van der Waals surface area contributed by atoms with Gasteiger partial charge in [0.15, 0.2) is 15.0 Å². The second-order valence-corrected chi connectivity index (χ2v) is 10.6. The van der Waals surface area contributed by atoms with Gasteiger partial charge in [0.05, 0.1) is 30.7 Å². The number of hydrogen-bond donors (Lipinski definition) is 0. The van der Waals surface area contributed by atoms with Crippen molar-refractivity contribution in [2.45, 2.75) is 24.8 Å². The van der Waals surface area contributed by atoms with Crippen LogP contribution in [0.3, 0.4) is 0 Å². The van der Waals surface area contributed by atoms with Crippen LogP contribution in [0.4, 0.5) is 5.69 Å². The maximum absolute atomic E-state index is 11.9. The first-order chi connectivity index (χ1) is 13.4. The third kappa shape index (κ3) is 4.16. The quantitative estimate of drug-likeness (QED) is 0.708. The molecule has 2 aliphatic heterocycles. The first kappa shape index (κ1) is 19.6. The van der Waals surface area contributed by atoms with E-state index in [9.17, 15) is 8.42 Å². The molecule has 2 heterocycles. The molecule has 2 aromatic rings. The number of anilines is 1. The minimum Gasteiger partial charge on any atom is -0.494 e. The Labute approximate surface area is 174 Å². The molecule has 0 bridgehead atoms. The number of nitrogens with zero attached hydrogens (tertiary/aromatic N) is 2. The van der Waals surface area contributed by atoms with Crippen LogP contribution in [0.2, 0.25) is 5.02 Å². The number of amidine groups is 1. The summed E-state index contributed by atoms with van der Waals surface area (Å²) in [6, 6.07) is 15.4. The van der Waals surface area contributed by atoms with E-state index in [-0.39, 0.29) is 22.8 Å². The zero-order valence-electron chi connectivity index (χ0n) is 15.4. The van der Waals surface area contributed by atoms with Crippen LogP contribution in [0.15, 0.2) is 53.5 Å². The molecule has 148 valence electrons. The van der Waals surface area contributed by atoms with E-state index >= 15 is 0 Å². The molecule has 0 saturated carbocycles. The average molecular weight is 437 g/mol. The topological polar surface area (TPSA) is 59.0 Å². The summed E-state index contributed by atoms with van der Waals surface area (Å²) in [5, 5.41) is 1.54. The Balaban J connectivity index is 1.65. The number of ether oxygens (including phenoxy) is 1. The van der Waals surface area contributed by atoms with Crippen LogP contribution in [0, 0.1) is 0 Å². The molecule has 2 aromatic carbocycles. The van der Waals surface area contributed by atoms with E-state index < -0.39 is 9.84 Å². The van der Waals surface area contributed by atoms with Gasteiger partial charge in [-0.3, -0.25) is 4.99 Å². The van der Waals surface area contributed by atoms with Crippen LogP contribution in [0.1, 0.15) is 12.5 Å². The predicted molar refractivity (Wildman–Crippen MR) is 117 cm³/mol. The molecule has 2 aliphatic rings. The minimum atomic E-state index is -2.98. The predicted octanol–water partition coefficient (Wildman–Crippen LogP) is 4.01. The molecule has 1 saturated heterocycles. The van der Waals surface area contributed by atoms with Crippen molar-refractivity contribution in [1.29, 1.82) is 0 Å². The fourth-order valence-corrected chi connectivity index (χ4v) is 7.40. The monoisotopic (exact) mass is 436 g/mol. The summed E-state index contributed by atoms with van der Waals surface area (Å²) in [7, 11) is -2.98. The molecule has 0 spiro atoms. The number of fused-ring (bicyclic) bond motifs is 1. The van der Waals surface area contributed by atoms with E-state index in [1.165, 1.54) is 0 Å². The highest BCUT2D eigenvalue weighted by molar-refractivity contribution is 8.15. The molecule has 0 unspecified atom stereocenters. The van der Waals surface area contributed by atoms with Crippen LogP contribution < -0.4 is 9.64 Å². The molecule has 8 heteroatoms. The highest BCUT2D eigenvalue weighted by Crippen LogP contribution is 2.38. The first-order valence-corrected chi connectivity index (χ1v) is 12.2. The number of halogens is 1. The Morgan fingerprint density at radius 2 is 1.93 bits per heavy atom. The molecule has 5 nitrogen and oxygen atoms in total. The number of benzene rings is 2. The summed E-state index contributed by atoms with van der Waals surface area (Å²) in [6.45, 7) is 3.13. The van der Waals surface area contributed by atoms with Crippen LogP contribution in [0.25, 0.3) is 0 Å². The molecule has 0 amide bonds. The molecule has 0 radical (unpaired) electrons. The maximum Gasteiger partial charge on any atom is 0.164 e. The minimum absolute atomic E-state index is 0.00329. The number of hydrogen-bond acceptors (Lipinski definition) is 6. The Morgan fingerprint density at radius 3 is 2.61 bits per heavy atom. The van der Waals surface area contributed by atoms with Crippen molar-refractivity contribution in [3.8, 4) is 5.75 Å². The van der Waals surface area contributed by atoms with E-state index in [1.807, 2.05) is 55.5 Å². The highest BCUT2D eigenvalue weighted by atomic mass is 35.5. The van der Waals surface area contributed by atoms with Gasteiger partial charge in [0, 0.05) is 16.0 Å². The largest absolute Gasteiger partial charge is 0.494 e. The zero-order chi connectivity index (χ0) is 19.7. The third-order valence-corrected chi connectivity index (χ3v) is 8.40. The van der Waals surface area contributed by atoms with Gasteiger partial charge in [0.25, 0.3) is 0 Å². The fourth-order valence-electron chi connectivity index (χ4n) is 3.43. The summed E-state index contributed by atoms with van der Waals surface area (Å²) in [4.78, 5) is 6.86. The van der Waals surface area contributed by atoms with Crippen molar-refractivity contribution in [2.75, 3.05) is 23.0 Å². The summed E-state index contributed by atoms with van der Waals surface area (Å²) in [6.07, 6.45) is 0. The van der Waals surface area contributed by atoms with Gasteiger partial charge in [0.2, 0.25) is 0 Å². The van der Waals surface area contributed by atoms with Crippen LogP contribution >= 0.6 is 23.4 Å². The van der Waals surface area contributed by atoms with E-state index in [1.54, 1.807) is 11.8 Å². The Hall–Kier alpha value is -1.70. The van der Waals surface area contributed by atoms with Gasteiger partial charge < -0.3 is 9.64 Å². The second-order valence-electron chi connectivity index (χ2n) is 6.82. The van der Waals surface area contributed by atoms with Crippen molar-refractivity contribution in [3.63, 3.8) is 0 Å². The van der Waals surface area contributed by atoms with Crippen LogP contribution in [-0.4, -0.2) is 43.0 Å². The summed E-state index contributed by atoms with van der Waals surface area (Å²) in [5.74, 6) is 1.14. The lowest BCUT2D eigenvalue weighted by molar-refractivity contribution is 0.340. The Morgan fingerprint density at radius 1 is 1.18 bits per heavy atom. The Bertz CT molecular complexity index is 993. The van der Waals surface area contributed by atoms with Gasteiger partial charge in [-0.05, 0) is 42.8 Å². The van der Waals surface area contributed by atoms with Crippen molar-refractivity contribution < 1.29 is 13.2 Å². The van der Waals surface area contributed by atoms with Gasteiger partial charge in [0.1, 0.15) is 5.75 Å². The highest BCUT2D eigenvalue weighted by Gasteiger charge is 2.44. The van der Waals surface area contributed by atoms with E-state index in [4.69, 9.17) is 21.3 Å². The number of aliphatic imine (C=N–C) groups is 1. The fraction of sp³-hybridized carbons (Fsp3) is 0.350. The van der Waals surface area contributed by atoms with Crippen LogP contribution in [-0.2, 0) is 16.4 Å². The first-order valence-electron chi connectivity index (χ1n) is 9.14. The lowest BCUT2D eigenvalue weighted by Crippen LogP contribution is -2.28. The van der Waals surface area contributed by atoms with E-state index in [2.05, 4.69) is 4.90 Å². The summed E-state index contributed by atoms with van der Waals surface area (Å²) in [5.41, 5.74) is 1.96. The lowest BCUT2D eigenvalue weighted by atomic mass is 10.2. The second kappa shape index (κ2) is 7.97. The van der Waals surface area contributed by atoms with Gasteiger partial charge in [-0.25, -0.2) is 8.42 Å². The van der Waals surface area contributed by atoms with E-state index in [0.29, 0.717) is 18.2 Å². The number of thioether (sulfide) groups is 1. The van der Waals surface area contributed by atoms with Gasteiger partial charge in [-0.15, -0.1) is 0 Å². The normalized spacial score (nSPS) is 22.6. The van der Waals surface area contributed by atoms with Gasteiger partial charge in [-0.1, -0.05) is 41.6 Å².